The maximum Gasteiger partial charge on any atom is 0.129 e. The Hall–Kier alpha value is -1.51. The van der Waals surface area contributed by atoms with Crippen LogP contribution in [-0.2, 0) is 6.42 Å². The lowest BCUT2D eigenvalue weighted by Crippen LogP contribution is -2.12. The van der Waals surface area contributed by atoms with Crippen molar-refractivity contribution in [1.29, 1.82) is 0 Å². The molecule has 0 aromatic carbocycles. The first-order chi connectivity index (χ1) is 8.33. The summed E-state index contributed by atoms with van der Waals surface area (Å²) in [5.41, 5.74) is 2.05. The molecule has 0 aliphatic heterocycles. The van der Waals surface area contributed by atoms with Crippen LogP contribution in [-0.4, -0.2) is 15.0 Å². The third-order valence-electron chi connectivity index (χ3n) is 3.74. The van der Waals surface area contributed by atoms with Gasteiger partial charge >= 0.3 is 0 Å². The molecule has 3 nitrogen and oxygen atoms in total. The molecule has 2 aromatic heterocycles. The van der Waals surface area contributed by atoms with Gasteiger partial charge in [0.2, 0.25) is 0 Å². The Labute approximate surface area is 101 Å². The van der Waals surface area contributed by atoms with Crippen LogP contribution in [0.25, 0.3) is 10.9 Å². The van der Waals surface area contributed by atoms with Crippen LogP contribution in [0, 0.1) is 12.8 Å². The molecule has 1 aliphatic rings. The van der Waals surface area contributed by atoms with E-state index in [1.54, 1.807) is 6.20 Å². The van der Waals surface area contributed by atoms with Crippen molar-refractivity contribution in [3.8, 4) is 0 Å². The lowest BCUT2D eigenvalue weighted by Gasteiger charge is -2.24. The van der Waals surface area contributed by atoms with Crippen molar-refractivity contribution in [1.82, 2.24) is 15.0 Å². The topological polar surface area (TPSA) is 38.7 Å². The molecule has 0 unspecified atom stereocenters. The van der Waals surface area contributed by atoms with E-state index in [4.69, 9.17) is 0 Å². The van der Waals surface area contributed by atoms with Crippen LogP contribution in [0.2, 0.25) is 0 Å². The molecule has 1 aliphatic carbocycles. The van der Waals surface area contributed by atoms with Crippen LogP contribution < -0.4 is 0 Å². The largest absolute Gasteiger partial charge is 0.262 e. The lowest BCUT2D eigenvalue weighted by molar-refractivity contribution is 0.294. The van der Waals surface area contributed by atoms with Gasteiger partial charge in [0, 0.05) is 23.7 Å². The Bertz CT molecular complexity index is 532. The molecule has 0 bridgehead atoms. The van der Waals surface area contributed by atoms with Crippen LogP contribution in [0.4, 0.5) is 0 Å². The van der Waals surface area contributed by atoms with E-state index in [0.717, 1.165) is 34.8 Å². The van der Waals surface area contributed by atoms with Crippen LogP contribution in [0.1, 0.15) is 37.2 Å². The van der Waals surface area contributed by atoms with Gasteiger partial charge < -0.3 is 0 Å². The van der Waals surface area contributed by atoms with E-state index in [1.807, 2.05) is 12.3 Å². The first kappa shape index (κ1) is 10.6. The van der Waals surface area contributed by atoms with Gasteiger partial charge in [0.05, 0.1) is 11.7 Å². The number of pyridine rings is 1. The second-order valence-corrected chi connectivity index (χ2v) is 4.95. The molecule has 1 saturated carbocycles. The summed E-state index contributed by atoms with van der Waals surface area (Å²) in [4.78, 5) is 13.3. The molecule has 0 atom stereocenters. The zero-order valence-electron chi connectivity index (χ0n) is 10.2. The number of aromatic nitrogens is 3. The summed E-state index contributed by atoms with van der Waals surface area (Å²) in [5, 5.41) is 1.12. The van der Waals surface area contributed by atoms with Crippen LogP contribution in [0.5, 0.6) is 0 Å². The van der Waals surface area contributed by atoms with E-state index in [9.17, 15) is 0 Å². The predicted octanol–water partition coefficient (Wildman–Crippen LogP) is 3.07. The maximum absolute atomic E-state index is 4.59. The number of rotatable bonds is 3. The van der Waals surface area contributed by atoms with Gasteiger partial charge in [-0.3, -0.25) is 4.98 Å². The molecular formula is C14H17N3. The fraction of sp³-hybridized carbons (Fsp3) is 0.500. The van der Waals surface area contributed by atoms with Crippen molar-refractivity contribution < 1.29 is 0 Å². The summed E-state index contributed by atoms with van der Waals surface area (Å²) in [5.74, 6) is 1.90. The molecule has 3 heteroatoms. The van der Waals surface area contributed by atoms with Gasteiger partial charge in [-0.25, -0.2) is 9.97 Å². The summed E-state index contributed by atoms with van der Waals surface area (Å²) in [7, 11) is 0. The van der Waals surface area contributed by atoms with E-state index < -0.39 is 0 Å². The van der Waals surface area contributed by atoms with Gasteiger partial charge in [0.25, 0.3) is 0 Å². The summed E-state index contributed by atoms with van der Waals surface area (Å²) in [6, 6.07) is 1.99. The minimum absolute atomic E-state index is 0.920. The molecule has 17 heavy (non-hydrogen) atoms. The third kappa shape index (κ3) is 2.14. The number of hydrogen-bond donors (Lipinski definition) is 0. The monoisotopic (exact) mass is 227 g/mol. The van der Waals surface area contributed by atoms with Crippen molar-refractivity contribution in [3.05, 3.63) is 30.0 Å². The van der Waals surface area contributed by atoms with Crippen molar-refractivity contribution in [2.24, 2.45) is 5.92 Å². The summed E-state index contributed by atoms with van der Waals surface area (Å²) in [6.07, 6.45) is 10.1. The van der Waals surface area contributed by atoms with Gasteiger partial charge in [-0.05, 0) is 25.3 Å². The molecule has 0 saturated heterocycles. The van der Waals surface area contributed by atoms with E-state index in [1.165, 1.54) is 25.7 Å². The fourth-order valence-corrected chi connectivity index (χ4v) is 2.43. The quantitative estimate of drug-likeness (QED) is 0.808. The Morgan fingerprint density at radius 1 is 1.29 bits per heavy atom. The second kappa shape index (κ2) is 4.40. The molecular weight excluding hydrogens is 210 g/mol. The summed E-state index contributed by atoms with van der Waals surface area (Å²) < 4.78 is 0. The molecule has 0 amide bonds. The normalized spacial score (nSPS) is 16.1. The van der Waals surface area contributed by atoms with Crippen LogP contribution in [0.3, 0.4) is 0 Å². The highest BCUT2D eigenvalue weighted by atomic mass is 14.9. The molecule has 0 N–H and O–H groups in total. The zero-order valence-corrected chi connectivity index (χ0v) is 10.2. The van der Waals surface area contributed by atoms with Crippen molar-refractivity contribution >= 4 is 10.9 Å². The average molecular weight is 227 g/mol. The van der Waals surface area contributed by atoms with Crippen LogP contribution in [0.15, 0.2) is 18.5 Å². The lowest BCUT2D eigenvalue weighted by atomic mass is 9.82. The zero-order chi connectivity index (χ0) is 11.7. The molecule has 2 aromatic rings. The number of nitrogens with zero attached hydrogens (tertiary/aromatic N) is 3. The van der Waals surface area contributed by atoms with Gasteiger partial charge in [-0.15, -0.1) is 0 Å². The maximum atomic E-state index is 4.59. The number of hydrogen-bond acceptors (Lipinski definition) is 3. The first-order valence-corrected chi connectivity index (χ1v) is 6.40. The number of aryl methyl sites for hydroxylation is 2. The van der Waals surface area contributed by atoms with E-state index in [-0.39, 0.29) is 0 Å². The average Bonchev–Trinajstić information content (AvgIpc) is 2.27. The highest BCUT2D eigenvalue weighted by Gasteiger charge is 2.17. The highest BCUT2D eigenvalue weighted by molar-refractivity contribution is 5.79. The Kier molecular flexibility index (Phi) is 2.75. The van der Waals surface area contributed by atoms with E-state index >= 15 is 0 Å². The fourth-order valence-electron chi connectivity index (χ4n) is 2.43. The number of fused-ring (bicyclic) bond motifs is 1. The van der Waals surface area contributed by atoms with Crippen LogP contribution >= 0.6 is 0 Å². The highest BCUT2D eigenvalue weighted by Crippen LogP contribution is 2.30. The molecule has 2 heterocycles. The Morgan fingerprint density at radius 2 is 2.18 bits per heavy atom. The third-order valence-corrected chi connectivity index (χ3v) is 3.74. The smallest absolute Gasteiger partial charge is 0.129 e. The predicted molar refractivity (Wildman–Crippen MR) is 67.7 cm³/mol. The molecule has 88 valence electrons. The SMILES string of the molecule is Cc1nc(CCC2CCC2)nc2cnccc12. The molecule has 1 fully saturated rings. The second-order valence-electron chi connectivity index (χ2n) is 4.95. The van der Waals surface area contributed by atoms with Crippen molar-refractivity contribution in [2.75, 3.05) is 0 Å². The first-order valence-electron chi connectivity index (χ1n) is 6.40. The van der Waals surface area contributed by atoms with E-state index in [0.29, 0.717) is 0 Å². The minimum Gasteiger partial charge on any atom is -0.262 e. The minimum atomic E-state index is 0.920. The van der Waals surface area contributed by atoms with Crippen molar-refractivity contribution in [3.63, 3.8) is 0 Å². The van der Waals surface area contributed by atoms with Gasteiger partial charge in [0.15, 0.2) is 0 Å². The van der Waals surface area contributed by atoms with E-state index in [2.05, 4.69) is 21.9 Å². The standard InChI is InChI=1S/C14H17N3/c1-10-12-7-8-15-9-13(12)17-14(16-10)6-5-11-3-2-4-11/h7-9,11H,2-6H2,1H3. The summed E-state index contributed by atoms with van der Waals surface area (Å²) in [6.45, 7) is 2.05. The summed E-state index contributed by atoms with van der Waals surface area (Å²) >= 11 is 0. The Morgan fingerprint density at radius 3 is 2.94 bits per heavy atom. The molecule has 0 radical (unpaired) electrons. The van der Waals surface area contributed by atoms with Gasteiger partial charge in [-0.1, -0.05) is 19.3 Å². The Balaban J connectivity index is 1.84. The molecule has 0 spiro atoms. The van der Waals surface area contributed by atoms with Crippen molar-refractivity contribution in [2.45, 2.75) is 39.0 Å². The van der Waals surface area contributed by atoms with Gasteiger partial charge in [0.1, 0.15) is 5.82 Å². The van der Waals surface area contributed by atoms with Gasteiger partial charge in [-0.2, -0.15) is 0 Å². The molecule has 3 rings (SSSR count).